The van der Waals surface area contributed by atoms with Gasteiger partial charge in [0.25, 0.3) is 5.91 Å². The molecule has 0 aliphatic carbocycles. The number of hydrogen-bond donors (Lipinski definition) is 2. The minimum Gasteiger partial charge on any atom is -0.339 e. The van der Waals surface area contributed by atoms with Crippen LogP contribution in [0.1, 0.15) is 21.7 Å². The molecule has 0 fully saturated rings. The number of benzene rings is 2. The predicted molar refractivity (Wildman–Crippen MR) is 113 cm³/mol. The van der Waals surface area contributed by atoms with E-state index >= 15 is 0 Å². The molecule has 0 radical (unpaired) electrons. The number of carbonyl (C=O) groups is 1. The van der Waals surface area contributed by atoms with Gasteiger partial charge in [0.15, 0.2) is 11.6 Å². The smallest absolute Gasteiger partial charge is 0.255 e. The standard InChI is InChI=1S/C22H19FN6O/c1-14-12-15(2)29(28-14)21-11-10-20(26-27-21)24-18-6-8-19(9-7-18)25-22(30)16-4-3-5-17(23)13-16/h3-13H,1-2H3,(H,24,26)(H,25,30). The van der Waals surface area contributed by atoms with E-state index in [9.17, 15) is 9.18 Å². The average molecular weight is 402 g/mol. The van der Waals surface area contributed by atoms with Crippen molar-refractivity contribution in [3.8, 4) is 5.82 Å². The van der Waals surface area contributed by atoms with Gasteiger partial charge in [0.1, 0.15) is 5.82 Å². The fraction of sp³-hybridized carbons (Fsp3) is 0.0909. The van der Waals surface area contributed by atoms with E-state index in [1.807, 2.05) is 32.0 Å². The van der Waals surface area contributed by atoms with Gasteiger partial charge in [-0.3, -0.25) is 4.79 Å². The summed E-state index contributed by atoms with van der Waals surface area (Å²) < 4.78 is 15.0. The third kappa shape index (κ3) is 4.33. The van der Waals surface area contributed by atoms with Crippen molar-refractivity contribution < 1.29 is 9.18 Å². The molecular formula is C22H19FN6O. The molecule has 0 aliphatic rings. The molecule has 1 amide bonds. The van der Waals surface area contributed by atoms with Crippen LogP contribution in [0.3, 0.4) is 0 Å². The highest BCUT2D eigenvalue weighted by atomic mass is 19.1. The summed E-state index contributed by atoms with van der Waals surface area (Å²) in [6, 6.07) is 18.3. The molecule has 4 aromatic rings. The van der Waals surface area contributed by atoms with Crippen molar-refractivity contribution in [3.63, 3.8) is 0 Å². The topological polar surface area (TPSA) is 84.7 Å². The lowest BCUT2D eigenvalue weighted by Crippen LogP contribution is -2.12. The van der Waals surface area contributed by atoms with Gasteiger partial charge in [-0.1, -0.05) is 6.07 Å². The SMILES string of the molecule is Cc1cc(C)n(-c2ccc(Nc3ccc(NC(=O)c4cccc(F)c4)cc3)nn2)n1. The highest BCUT2D eigenvalue weighted by Gasteiger charge is 2.08. The second-order valence-corrected chi connectivity index (χ2v) is 6.78. The van der Waals surface area contributed by atoms with E-state index in [0.717, 1.165) is 17.1 Å². The maximum Gasteiger partial charge on any atom is 0.255 e. The lowest BCUT2D eigenvalue weighted by molar-refractivity contribution is 0.102. The maximum absolute atomic E-state index is 13.3. The van der Waals surface area contributed by atoms with Crippen LogP contribution in [0.2, 0.25) is 0 Å². The first-order valence-electron chi connectivity index (χ1n) is 9.29. The fourth-order valence-corrected chi connectivity index (χ4v) is 2.98. The number of hydrogen-bond acceptors (Lipinski definition) is 5. The number of nitrogens with one attached hydrogen (secondary N) is 2. The van der Waals surface area contributed by atoms with Crippen LogP contribution in [0, 0.1) is 19.7 Å². The van der Waals surface area contributed by atoms with Crippen LogP contribution in [0.5, 0.6) is 0 Å². The molecule has 2 heterocycles. The summed E-state index contributed by atoms with van der Waals surface area (Å²) in [4.78, 5) is 12.2. The molecule has 0 spiro atoms. The number of anilines is 3. The Morgan fingerprint density at radius 3 is 2.33 bits per heavy atom. The van der Waals surface area contributed by atoms with Gasteiger partial charge in [0.2, 0.25) is 0 Å². The van der Waals surface area contributed by atoms with Crippen LogP contribution < -0.4 is 10.6 Å². The van der Waals surface area contributed by atoms with Gasteiger partial charge in [0.05, 0.1) is 5.69 Å². The van der Waals surface area contributed by atoms with Crippen molar-refractivity contribution in [1.82, 2.24) is 20.0 Å². The summed E-state index contributed by atoms with van der Waals surface area (Å²) in [7, 11) is 0. The van der Waals surface area contributed by atoms with Gasteiger partial charge >= 0.3 is 0 Å². The van der Waals surface area contributed by atoms with Crippen molar-refractivity contribution in [2.24, 2.45) is 0 Å². The molecule has 30 heavy (non-hydrogen) atoms. The molecule has 0 saturated carbocycles. The molecule has 0 unspecified atom stereocenters. The Labute approximate surface area is 172 Å². The zero-order valence-corrected chi connectivity index (χ0v) is 16.4. The van der Waals surface area contributed by atoms with Crippen LogP contribution in [-0.4, -0.2) is 25.9 Å². The Hall–Kier alpha value is -4.07. The minimum absolute atomic E-state index is 0.259. The number of halogens is 1. The predicted octanol–water partition coefficient (Wildman–Crippen LogP) is 4.41. The number of aryl methyl sites for hydroxylation is 2. The van der Waals surface area contributed by atoms with Crippen LogP contribution >= 0.6 is 0 Å². The zero-order valence-electron chi connectivity index (χ0n) is 16.4. The van der Waals surface area contributed by atoms with Gasteiger partial charge in [0, 0.05) is 22.6 Å². The maximum atomic E-state index is 13.3. The molecule has 4 rings (SSSR count). The number of nitrogens with zero attached hydrogens (tertiary/aromatic N) is 4. The first-order valence-corrected chi connectivity index (χ1v) is 9.29. The first-order chi connectivity index (χ1) is 14.5. The molecule has 7 nitrogen and oxygen atoms in total. The minimum atomic E-state index is -0.452. The third-order valence-corrected chi connectivity index (χ3v) is 4.38. The molecule has 0 atom stereocenters. The van der Waals surface area contributed by atoms with E-state index in [-0.39, 0.29) is 11.5 Å². The van der Waals surface area contributed by atoms with Crippen LogP contribution in [0.25, 0.3) is 5.82 Å². The number of amides is 1. The number of carbonyl (C=O) groups excluding carboxylic acids is 1. The van der Waals surface area contributed by atoms with E-state index in [0.29, 0.717) is 17.3 Å². The summed E-state index contributed by atoms with van der Waals surface area (Å²) >= 11 is 0. The van der Waals surface area contributed by atoms with Gasteiger partial charge in [-0.05, 0) is 74.5 Å². The summed E-state index contributed by atoms with van der Waals surface area (Å²) in [5.74, 6) is 0.395. The molecule has 2 aromatic heterocycles. The Morgan fingerprint density at radius 1 is 0.933 bits per heavy atom. The van der Waals surface area contributed by atoms with Crippen molar-refractivity contribution >= 4 is 23.1 Å². The van der Waals surface area contributed by atoms with Crippen LogP contribution in [-0.2, 0) is 0 Å². The summed E-state index contributed by atoms with van der Waals surface area (Å²) in [5, 5.41) is 18.7. The molecule has 0 aliphatic heterocycles. The van der Waals surface area contributed by atoms with Crippen LogP contribution in [0.4, 0.5) is 21.6 Å². The van der Waals surface area contributed by atoms with Gasteiger partial charge in [-0.15, -0.1) is 10.2 Å². The lowest BCUT2D eigenvalue weighted by atomic mass is 10.2. The second kappa shape index (κ2) is 8.12. The highest BCUT2D eigenvalue weighted by Crippen LogP contribution is 2.19. The molecular weight excluding hydrogens is 383 g/mol. The number of aromatic nitrogens is 4. The van der Waals surface area contributed by atoms with E-state index < -0.39 is 5.82 Å². The summed E-state index contributed by atoms with van der Waals surface area (Å²) in [6.07, 6.45) is 0. The lowest BCUT2D eigenvalue weighted by Gasteiger charge is -2.09. The Balaban J connectivity index is 1.41. The summed E-state index contributed by atoms with van der Waals surface area (Å²) in [6.45, 7) is 3.89. The third-order valence-electron chi connectivity index (χ3n) is 4.38. The van der Waals surface area contributed by atoms with Gasteiger partial charge < -0.3 is 10.6 Å². The molecule has 150 valence electrons. The molecule has 8 heteroatoms. The second-order valence-electron chi connectivity index (χ2n) is 6.78. The van der Waals surface area contributed by atoms with Gasteiger partial charge in [-0.25, -0.2) is 9.07 Å². The largest absolute Gasteiger partial charge is 0.339 e. The van der Waals surface area contributed by atoms with E-state index in [4.69, 9.17) is 0 Å². The molecule has 2 N–H and O–H groups in total. The zero-order chi connectivity index (χ0) is 21.1. The quantitative estimate of drug-likeness (QED) is 0.516. The van der Waals surface area contributed by atoms with Crippen molar-refractivity contribution in [1.29, 1.82) is 0 Å². The monoisotopic (exact) mass is 402 g/mol. The Morgan fingerprint density at radius 2 is 1.70 bits per heavy atom. The summed E-state index contributed by atoms with van der Waals surface area (Å²) in [5.41, 5.74) is 3.54. The first kappa shape index (κ1) is 19.3. The molecule has 0 saturated heterocycles. The van der Waals surface area contributed by atoms with E-state index in [2.05, 4.69) is 25.9 Å². The van der Waals surface area contributed by atoms with Crippen LogP contribution in [0.15, 0.2) is 66.7 Å². The van der Waals surface area contributed by atoms with Gasteiger partial charge in [-0.2, -0.15) is 5.10 Å². The van der Waals surface area contributed by atoms with Crippen molar-refractivity contribution in [3.05, 3.63) is 89.5 Å². The highest BCUT2D eigenvalue weighted by molar-refractivity contribution is 6.04. The Bertz CT molecular complexity index is 1190. The average Bonchev–Trinajstić information content (AvgIpc) is 3.08. The Kier molecular flexibility index (Phi) is 5.21. The van der Waals surface area contributed by atoms with Crippen molar-refractivity contribution in [2.45, 2.75) is 13.8 Å². The number of rotatable bonds is 5. The molecule has 2 aromatic carbocycles. The van der Waals surface area contributed by atoms with Crippen molar-refractivity contribution in [2.75, 3.05) is 10.6 Å². The van der Waals surface area contributed by atoms with E-state index in [1.54, 1.807) is 35.0 Å². The molecule has 0 bridgehead atoms. The van der Waals surface area contributed by atoms with E-state index in [1.165, 1.54) is 18.2 Å². The normalized spacial score (nSPS) is 10.6. The fourth-order valence-electron chi connectivity index (χ4n) is 2.98.